The highest BCUT2D eigenvalue weighted by Gasteiger charge is 2.30. The normalized spacial score (nSPS) is 11.5. The number of ketones is 1. The number of hydrogen-bond donors (Lipinski definition) is 2. The van der Waals surface area contributed by atoms with Crippen LogP contribution in [0, 0.1) is 5.82 Å². The molecule has 4 rings (SSSR count). The molecule has 184 valence electrons. The quantitative estimate of drug-likeness (QED) is 0.149. The largest absolute Gasteiger partial charge is 0.459 e. The van der Waals surface area contributed by atoms with Gasteiger partial charge in [-0.05, 0) is 36.4 Å². The third-order valence-corrected chi connectivity index (χ3v) is 6.86. The van der Waals surface area contributed by atoms with Gasteiger partial charge in [0.25, 0.3) is 5.89 Å². The number of nitrogens with zero attached hydrogens (tertiary/aromatic N) is 1. The second-order valence-electron chi connectivity index (χ2n) is 6.57. The summed E-state index contributed by atoms with van der Waals surface area (Å²) in [5.74, 6) is -0.597. The maximum absolute atomic E-state index is 13.2. The molecule has 4 aromatic rings. The van der Waals surface area contributed by atoms with Crippen molar-refractivity contribution in [3.05, 3.63) is 84.4 Å². The van der Waals surface area contributed by atoms with Crippen molar-refractivity contribution >= 4 is 37.8 Å². The maximum Gasteiger partial charge on any atom is 0.394 e. The number of sulfone groups is 1. The minimum Gasteiger partial charge on any atom is -0.459 e. The molecule has 2 N–H and O–H groups in total. The van der Waals surface area contributed by atoms with Crippen LogP contribution in [0.1, 0.15) is 10.4 Å². The second kappa shape index (κ2) is 11.0. The van der Waals surface area contributed by atoms with Crippen LogP contribution in [0.3, 0.4) is 0 Å². The monoisotopic (exact) mass is 541 g/mol. The number of carbonyl (C=O) groups excluding carboxylic acids is 1. The summed E-state index contributed by atoms with van der Waals surface area (Å²) in [5.41, 5.74) is 0.499. The number of carbonyl (C=O) groups is 1. The van der Waals surface area contributed by atoms with Crippen molar-refractivity contribution in [2.75, 3.05) is 5.75 Å². The minimum atomic E-state index is -4.67. The van der Waals surface area contributed by atoms with Gasteiger partial charge in [-0.3, -0.25) is 13.9 Å². The van der Waals surface area contributed by atoms with Crippen LogP contribution in [-0.4, -0.2) is 42.5 Å². The van der Waals surface area contributed by atoms with Gasteiger partial charge in [0.15, 0.2) is 11.5 Å². The Morgan fingerprint density at radius 2 is 1.57 bits per heavy atom. The fourth-order valence-electron chi connectivity index (χ4n) is 2.62. The molecule has 0 radical (unpaired) electrons. The van der Waals surface area contributed by atoms with Crippen molar-refractivity contribution < 1.29 is 44.0 Å². The Balaban J connectivity index is 0.000000623. The molecule has 2 aromatic heterocycles. The first-order valence-electron chi connectivity index (χ1n) is 9.41. The lowest BCUT2D eigenvalue weighted by Crippen LogP contribution is -2.06. The Morgan fingerprint density at radius 3 is 2.14 bits per heavy atom. The van der Waals surface area contributed by atoms with E-state index < -0.39 is 26.1 Å². The average molecular weight is 542 g/mol. The Labute approximate surface area is 203 Å². The molecule has 0 aliphatic heterocycles. The van der Waals surface area contributed by atoms with Gasteiger partial charge in [0.1, 0.15) is 5.82 Å². The number of Topliss-reactive ketones (excluding diaryl/α,β-unsaturated/α-hetero) is 1. The van der Waals surface area contributed by atoms with E-state index in [4.69, 9.17) is 26.4 Å². The van der Waals surface area contributed by atoms with Crippen molar-refractivity contribution in [1.29, 1.82) is 0 Å². The van der Waals surface area contributed by atoms with Crippen molar-refractivity contribution in [2.24, 2.45) is 0 Å². The van der Waals surface area contributed by atoms with E-state index in [0.717, 1.165) is 36.0 Å². The minimum absolute atomic E-state index is 0.0321. The molecule has 10 nitrogen and oxygen atoms in total. The van der Waals surface area contributed by atoms with Crippen LogP contribution in [0.2, 0.25) is 0 Å². The predicted octanol–water partition coefficient (Wildman–Crippen LogP) is 4.23. The molecule has 0 aliphatic rings. The van der Waals surface area contributed by atoms with Crippen molar-refractivity contribution in [3.63, 3.8) is 0 Å². The van der Waals surface area contributed by atoms with Crippen LogP contribution in [0.15, 0.2) is 96.8 Å². The highest BCUT2D eigenvalue weighted by atomic mass is 32.3. The fraction of sp³-hybridized carbons (Fsp3) is 0.0476. The van der Waals surface area contributed by atoms with Crippen molar-refractivity contribution in [1.82, 2.24) is 4.98 Å². The van der Waals surface area contributed by atoms with E-state index in [0.29, 0.717) is 5.56 Å². The highest BCUT2D eigenvalue weighted by Crippen LogP contribution is 2.35. The van der Waals surface area contributed by atoms with Crippen LogP contribution in [0.4, 0.5) is 4.39 Å². The van der Waals surface area contributed by atoms with Gasteiger partial charge in [-0.15, -0.1) is 0 Å². The Hall–Kier alpha value is -3.30. The van der Waals surface area contributed by atoms with E-state index in [1.807, 2.05) is 0 Å². The van der Waals surface area contributed by atoms with Gasteiger partial charge in [0.2, 0.25) is 20.0 Å². The van der Waals surface area contributed by atoms with E-state index >= 15 is 0 Å². The van der Waals surface area contributed by atoms with Crippen LogP contribution in [0.5, 0.6) is 0 Å². The number of furan rings is 1. The van der Waals surface area contributed by atoms with E-state index in [9.17, 15) is 17.6 Å². The molecule has 35 heavy (non-hydrogen) atoms. The zero-order valence-electron chi connectivity index (χ0n) is 17.4. The molecule has 2 aromatic carbocycles. The van der Waals surface area contributed by atoms with E-state index in [-0.39, 0.29) is 38.2 Å². The molecule has 0 saturated heterocycles. The van der Waals surface area contributed by atoms with Gasteiger partial charge in [0.05, 0.1) is 16.9 Å². The summed E-state index contributed by atoms with van der Waals surface area (Å²) in [7, 11) is -8.78. The van der Waals surface area contributed by atoms with E-state index in [1.54, 1.807) is 42.5 Å². The SMILES string of the molecule is O=C(CSc1oc(-c2ccco2)nc1S(=O)(=O)c1ccc(F)cc1)c1ccccc1.O=S(=O)(O)O. The second-order valence-corrected chi connectivity index (χ2v) is 10.3. The predicted molar refractivity (Wildman–Crippen MR) is 122 cm³/mol. The first kappa shape index (κ1) is 26.3. The van der Waals surface area contributed by atoms with Gasteiger partial charge < -0.3 is 8.83 Å². The first-order chi connectivity index (χ1) is 16.4. The lowest BCUT2D eigenvalue weighted by atomic mass is 10.2. The number of aromatic nitrogens is 1. The number of halogens is 1. The molecule has 0 fully saturated rings. The van der Waals surface area contributed by atoms with E-state index in [1.165, 1.54) is 6.26 Å². The molecular formula is C21H16FNO9S3. The summed E-state index contributed by atoms with van der Waals surface area (Å²) in [6, 6.07) is 16.2. The molecule has 0 saturated carbocycles. The topological polar surface area (TPSA) is 165 Å². The summed E-state index contributed by atoms with van der Waals surface area (Å²) in [6.07, 6.45) is 1.40. The third kappa shape index (κ3) is 7.34. The molecule has 0 spiro atoms. The highest BCUT2D eigenvalue weighted by molar-refractivity contribution is 8.00. The zero-order chi connectivity index (χ0) is 25.6. The number of oxazole rings is 1. The van der Waals surface area contributed by atoms with Crippen LogP contribution < -0.4 is 0 Å². The molecule has 0 amide bonds. The summed E-state index contributed by atoms with van der Waals surface area (Å²) in [5, 5.41) is -0.402. The number of hydrogen-bond acceptors (Lipinski definition) is 9. The van der Waals surface area contributed by atoms with Gasteiger partial charge >= 0.3 is 10.4 Å². The average Bonchev–Trinajstić information content (AvgIpc) is 3.47. The van der Waals surface area contributed by atoms with Gasteiger partial charge in [-0.25, -0.2) is 12.8 Å². The third-order valence-electron chi connectivity index (χ3n) is 4.11. The lowest BCUT2D eigenvalue weighted by Gasteiger charge is -2.04. The van der Waals surface area contributed by atoms with Gasteiger partial charge in [-0.1, -0.05) is 42.1 Å². The smallest absolute Gasteiger partial charge is 0.394 e. The van der Waals surface area contributed by atoms with Crippen LogP contribution in [-0.2, 0) is 20.2 Å². The molecule has 14 heteroatoms. The summed E-state index contributed by atoms with van der Waals surface area (Å²) in [6.45, 7) is 0. The number of thioether (sulfide) groups is 1. The van der Waals surface area contributed by atoms with E-state index in [2.05, 4.69) is 4.98 Å². The standard InChI is InChI=1S/C21H14FNO5S2.H2O4S/c22-15-8-10-16(11-9-15)30(25,26)20-21(28-19(23-20)18-7-4-12-27-18)29-13-17(24)14-5-2-1-3-6-14;1-5(2,3)4/h1-12H,13H2;(H2,1,2,3,4). The van der Waals surface area contributed by atoms with Crippen molar-refractivity contribution in [3.8, 4) is 11.7 Å². The van der Waals surface area contributed by atoms with Gasteiger partial charge in [-0.2, -0.15) is 13.4 Å². The summed E-state index contributed by atoms with van der Waals surface area (Å²) < 4.78 is 81.9. The fourth-order valence-corrected chi connectivity index (χ4v) is 5.05. The molecule has 2 heterocycles. The maximum atomic E-state index is 13.2. The molecular weight excluding hydrogens is 525 g/mol. The Morgan fingerprint density at radius 1 is 0.943 bits per heavy atom. The molecule has 0 unspecified atom stereocenters. The Bertz CT molecular complexity index is 1490. The molecule has 0 aliphatic carbocycles. The zero-order valence-corrected chi connectivity index (χ0v) is 19.9. The number of benzene rings is 2. The Kier molecular flexibility index (Phi) is 8.24. The van der Waals surface area contributed by atoms with Crippen molar-refractivity contribution in [2.45, 2.75) is 15.0 Å². The number of rotatable bonds is 7. The van der Waals surface area contributed by atoms with Gasteiger partial charge in [0, 0.05) is 5.56 Å². The molecule has 0 bridgehead atoms. The van der Waals surface area contributed by atoms with Crippen LogP contribution in [0.25, 0.3) is 11.7 Å². The first-order valence-corrected chi connectivity index (χ1v) is 13.3. The lowest BCUT2D eigenvalue weighted by molar-refractivity contribution is 0.102. The summed E-state index contributed by atoms with van der Waals surface area (Å²) in [4.78, 5) is 16.4. The molecule has 0 atom stereocenters. The summed E-state index contributed by atoms with van der Waals surface area (Å²) >= 11 is 0.919. The van der Waals surface area contributed by atoms with Crippen LogP contribution >= 0.6 is 11.8 Å².